The highest BCUT2D eigenvalue weighted by Crippen LogP contribution is 2.28. The Morgan fingerprint density at radius 1 is 0.952 bits per heavy atom. The second-order valence-electron chi connectivity index (χ2n) is 5.91. The molecular weight excluding hydrogens is 256 g/mol. The molecule has 0 radical (unpaired) electrons. The van der Waals surface area contributed by atoms with Crippen LogP contribution in [0.25, 0.3) is 10.8 Å². The first-order valence-corrected chi connectivity index (χ1v) is 7.68. The molecule has 106 valence electrons. The van der Waals surface area contributed by atoms with Crippen LogP contribution >= 0.6 is 0 Å². The van der Waals surface area contributed by atoms with Gasteiger partial charge in [-0.25, -0.2) is 0 Å². The van der Waals surface area contributed by atoms with Crippen LogP contribution in [0.1, 0.15) is 24.2 Å². The van der Waals surface area contributed by atoms with Gasteiger partial charge in [0.25, 0.3) is 0 Å². The molecule has 1 aliphatic heterocycles. The van der Waals surface area contributed by atoms with Crippen molar-refractivity contribution in [1.29, 1.82) is 0 Å². The Morgan fingerprint density at radius 3 is 2.76 bits per heavy atom. The van der Waals surface area contributed by atoms with E-state index in [9.17, 15) is 0 Å². The Labute approximate surface area is 125 Å². The van der Waals surface area contributed by atoms with E-state index in [0.29, 0.717) is 6.04 Å². The Kier molecular flexibility index (Phi) is 3.04. The highest BCUT2D eigenvalue weighted by Gasteiger charge is 2.23. The van der Waals surface area contributed by atoms with Gasteiger partial charge < -0.3 is 4.57 Å². The molecule has 2 aromatic carbocycles. The van der Waals surface area contributed by atoms with Crippen molar-refractivity contribution < 1.29 is 0 Å². The maximum atomic E-state index is 2.58. The lowest BCUT2D eigenvalue weighted by Gasteiger charge is -2.35. The Balaban J connectivity index is 1.67. The molecule has 1 aromatic heterocycles. The summed E-state index contributed by atoms with van der Waals surface area (Å²) < 4.78 is 2.38. The van der Waals surface area contributed by atoms with E-state index in [2.05, 4.69) is 77.2 Å². The summed E-state index contributed by atoms with van der Waals surface area (Å²) in [5.74, 6) is 0. The normalized spacial score (nSPS) is 18.8. The molecule has 1 aliphatic rings. The van der Waals surface area contributed by atoms with Gasteiger partial charge in [0.1, 0.15) is 0 Å². The van der Waals surface area contributed by atoms with Gasteiger partial charge in [0, 0.05) is 37.6 Å². The highest BCUT2D eigenvalue weighted by atomic mass is 15.2. The van der Waals surface area contributed by atoms with Crippen molar-refractivity contribution in [2.75, 3.05) is 6.54 Å². The van der Waals surface area contributed by atoms with Crippen molar-refractivity contribution in [3.8, 4) is 0 Å². The fourth-order valence-corrected chi connectivity index (χ4v) is 3.49. The van der Waals surface area contributed by atoms with Crippen LogP contribution in [0.5, 0.6) is 0 Å². The number of nitrogens with zero attached hydrogens (tertiary/aromatic N) is 2. The molecule has 0 saturated heterocycles. The van der Waals surface area contributed by atoms with Gasteiger partial charge in [-0.2, -0.15) is 0 Å². The molecule has 2 heteroatoms. The number of benzene rings is 2. The van der Waals surface area contributed by atoms with Gasteiger partial charge in [0.05, 0.1) is 0 Å². The minimum Gasteiger partial charge on any atom is -0.349 e. The van der Waals surface area contributed by atoms with Crippen molar-refractivity contribution in [3.63, 3.8) is 0 Å². The van der Waals surface area contributed by atoms with Gasteiger partial charge in [-0.1, -0.05) is 42.5 Å². The van der Waals surface area contributed by atoms with Crippen LogP contribution in [0.2, 0.25) is 0 Å². The van der Waals surface area contributed by atoms with Gasteiger partial charge >= 0.3 is 0 Å². The molecule has 4 rings (SSSR count). The molecule has 21 heavy (non-hydrogen) atoms. The Hall–Kier alpha value is -2.06. The third kappa shape index (κ3) is 2.16. The third-order valence-corrected chi connectivity index (χ3v) is 4.72. The lowest BCUT2D eigenvalue weighted by atomic mass is 10.0. The number of fused-ring (bicyclic) bond motifs is 2. The van der Waals surface area contributed by atoms with Gasteiger partial charge in [-0.15, -0.1) is 0 Å². The molecular formula is C19H20N2. The van der Waals surface area contributed by atoms with E-state index in [0.717, 1.165) is 19.6 Å². The summed E-state index contributed by atoms with van der Waals surface area (Å²) in [7, 11) is 0. The zero-order chi connectivity index (χ0) is 14.2. The molecule has 2 heterocycles. The van der Waals surface area contributed by atoms with Crippen LogP contribution in [-0.2, 0) is 13.1 Å². The molecule has 0 fully saturated rings. The first-order valence-electron chi connectivity index (χ1n) is 7.68. The van der Waals surface area contributed by atoms with Crippen molar-refractivity contribution in [2.45, 2.75) is 26.1 Å². The zero-order valence-electron chi connectivity index (χ0n) is 12.4. The van der Waals surface area contributed by atoms with Crippen LogP contribution in [0.3, 0.4) is 0 Å². The van der Waals surface area contributed by atoms with E-state index in [-0.39, 0.29) is 0 Å². The molecule has 0 aliphatic carbocycles. The molecule has 0 unspecified atom stereocenters. The molecule has 2 nitrogen and oxygen atoms in total. The third-order valence-electron chi connectivity index (χ3n) is 4.72. The van der Waals surface area contributed by atoms with E-state index in [1.165, 1.54) is 22.0 Å². The predicted molar refractivity (Wildman–Crippen MR) is 87.2 cm³/mol. The molecule has 0 amide bonds. The van der Waals surface area contributed by atoms with Gasteiger partial charge in [0.15, 0.2) is 0 Å². The first kappa shape index (κ1) is 12.7. The minimum atomic E-state index is 0.479. The van der Waals surface area contributed by atoms with Gasteiger partial charge in [-0.3, -0.25) is 4.90 Å². The van der Waals surface area contributed by atoms with Crippen molar-refractivity contribution >= 4 is 10.8 Å². The summed E-state index contributed by atoms with van der Waals surface area (Å²) in [5, 5.41) is 2.72. The highest BCUT2D eigenvalue weighted by molar-refractivity contribution is 5.85. The van der Waals surface area contributed by atoms with Crippen LogP contribution in [0.4, 0.5) is 0 Å². The summed E-state index contributed by atoms with van der Waals surface area (Å²) in [6, 6.07) is 20.2. The number of hydrogen-bond donors (Lipinski definition) is 0. The van der Waals surface area contributed by atoms with Gasteiger partial charge in [-0.05, 0) is 35.4 Å². The van der Waals surface area contributed by atoms with Crippen LogP contribution < -0.4 is 0 Å². The molecule has 0 spiro atoms. The quantitative estimate of drug-likeness (QED) is 0.680. The Morgan fingerprint density at radius 2 is 1.81 bits per heavy atom. The van der Waals surface area contributed by atoms with E-state index in [4.69, 9.17) is 0 Å². The maximum absolute atomic E-state index is 2.58. The van der Waals surface area contributed by atoms with Gasteiger partial charge in [0.2, 0.25) is 0 Å². The van der Waals surface area contributed by atoms with E-state index in [1.54, 1.807) is 0 Å². The smallest absolute Gasteiger partial charge is 0.0476 e. The second-order valence-corrected chi connectivity index (χ2v) is 5.91. The molecule has 0 saturated carbocycles. The van der Waals surface area contributed by atoms with Crippen molar-refractivity contribution in [2.24, 2.45) is 0 Å². The second kappa shape index (κ2) is 5.05. The van der Waals surface area contributed by atoms with Crippen LogP contribution in [0, 0.1) is 0 Å². The molecule has 3 aromatic rings. The largest absolute Gasteiger partial charge is 0.349 e. The predicted octanol–water partition coefficient (Wildman–Crippen LogP) is 4.22. The summed E-state index contributed by atoms with van der Waals surface area (Å²) >= 11 is 0. The number of rotatable bonds is 2. The summed E-state index contributed by atoms with van der Waals surface area (Å²) in [6.07, 6.45) is 2.20. The first-order chi connectivity index (χ1) is 10.3. The molecule has 0 bridgehead atoms. The van der Waals surface area contributed by atoms with Crippen molar-refractivity contribution in [1.82, 2.24) is 9.47 Å². The van der Waals surface area contributed by atoms with E-state index < -0.39 is 0 Å². The summed E-state index contributed by atoms with van der Waals surface area (Å²) in [4.78, 5) is 2.58. The topological polar surface area (TPSA) is 8.17 Å². The fraction of sp³-hybridized carbons (Fsp3) is 0.263. The average Bonchev–Trinajstić information content (AvgIpc) is 3.00. The number of hydrogen-bond acceptors (Lipinski definition) is 1. The van der Waals surface area contributed by atoms with Crippen molar-refractivity contribution in [3.05, 3.63) is 72.1 Å². The van der Waals surface area contributed by atoms with E-state index in [1.807, 2.05) is 0 Å². The average molecular weight is 276 g/mol. The zero-order valence-corrected chi connectivity index (χ0v) is 12.4. The van der Waals surface area contributed by atoms with Crippen LogP contribution in [-0.4, -0.2) is 16.0 Å². The standard InChI is InChI=1S/C19H20N2/c1-15-19-10-5-11-20(19)12-13-21(15)14-17-8-4-7-16-6-2-3-9-18(16)17/h2-11,15H,12-14H2,1H3/t15-/m0/s1. The summed E-state index contributed by atoms with van der Waals surface area (Å²) in [5.41, 5.74) is 2.86. The lowest BCUT2D eigenvalue weighted by Crippen LogP contribution is -2.35. The minimum absolute atomic E-state index is 0.479. The fourth-order valence-electron chi connectivity index (χ4n) is 3.49. The summed E-state index contributed by atoms with van der Waals surface area (Å²) in [6.45, 7) is 5.55. The monoisotopic (exact) mass is 276 g/mol. The SMILES string of the molecule is C[C@H]1c2cccn2CCN1Cc1cccc2ccccc12. The van der Waals surface area contributed by atoms with E-state index >= 15 is 0 Å². The lowest BCUT2D eigenvalue weighted by molar-refractivity contribution is 0.161. The number of aromatic nitrogens is 1. The maximum Gasteiger partial charge on any atom is 0.0476 e. The molecule has 0 N–H and O–H groups in total. The van der Waals surface area contributed by atoms with Crippen LogP contribution in [0.15, 0.2) is 60.8 Å². The Bertz CT molecular complexity index is 767. The molecule has 1 atom stereocenters.